The fourth-order valence-corrected chi connectivity index (χ4v) is 3.69. The van der Waals surface area contributed by atoms with Crippen molar-refractivity contribution in [3.05, 3.63) is 41.9 Å². The van der Waals surface area contributed by atoms with Crippen molar-refractivity contribution in [2.75, 3.05) is 61.1 Å². The number of rotatable bonds is 8. The van der Waals surface area contributed by atoms with E-state index in [1.54, 1.807) is 27.6 Å². The van der Waals surface area contributed by atoms with Crippen LogP contribution in [0.2, 0.25) is 0 Å². The second-order valence-electron chi connectivity index (χ2n) is 7.10. The standard InChI is InChI=1S/C22H32N4O4.HI/c1-23-22(24-8-7-18-6-5-13-30-18)26-11-9-25(10-12-26)16-17-14-19(27-2)21(29-4)20(15-17)28-3;/h5-6,13-15H,7-12,16H2,1-4H3,(H,23,24);1H. The number of nitrogens with zero attached hydrogens (tertiary/aromatic N) is 3. The predicted molar refractivity (Wildman–Crippen MR) is 132 cm³/mol. The van der Waals surface area contributed by atoms with Gasteiger partial charge in [0.15, 0.2) is 17.5 Å². The Bertz CT molecular complexity index is 796. The molecule has 0 unspecified atom stereocenters. The molecule has 0 radical (unpaired) electrons. The van der Waals surface area contributed by atoms with E-state index in [1.807, 2.05) is 31.3 Å². The number of piperazine rings is 1. The molecule has 1 aliphatic rings. The van der Waals surface area contributed by atoms with E-state index in [4.69, 9.17) is 18.6 Å². The number of hydrogen-bond donors (Lipinski definition) is 1. The Hall–Kier alpha value is -2.14. The maximum Gasteiger partial charge on any atom is 0.203 e. The summed E-state index contributed by atoms with van der Waals surface area (Å²) in [6.07, 6.45) is 2.55. The Morgan fingerprint density at radius 3 is 2.26 bits per heavy atom. The fourth-order valence-electron chi connectivity index (χ4n) is 3.69. The summed E-state index contributed by atoms with van der Waals surface area (Å²) in [5, 5.41) is 3.44. The third kappa shape index (κ3) is 6.67. The van der Waals surface area contributed by atoms with Crippen molar-refractivity contribution in [2.45, 2.75) is 13.0 Å². The van der Waals surface area contributed by atoms with Gasteiger partial charge in [-0.05, 0) is 29.8 Å². The molecule has 8 nitrogen and oxygen atoms in total. The Kier molecular flexibility index (Phi) is 10.3. The number of methoxy groups -OCH3 is 3. The van der Waals surface area contributed by atoms with Crippen molar-refractivity contribution in [1.82, 2.24) is 15.1 Å². The van der Waals surface area contributed by atoms with Gasteiger partial charge in [-0.15, -0.1) is 24.0 Å². The van der Waals surface area contributed by atoms with Gasteiger partial charge >= 0.3 is 0 Å². The number of hydrogen-bond acceptors (Lipinski definition) is 6. The van der Waals surface area contributed by atoms with Crippen LogP contribution in [0, 0.1) is 0 Å². The molecule has 0 aliphatic carbocycles. The van der Waals surface area contributed by atoms with Crippen LogP contribution in [0.1, 0.15) is 11.3 Å². The molecule has 2 aromatic rings. The first-order valence-corrected chi connectivity index (χ1v) is 10.2. The number of nitrogens with one attached hydrogen (secondary N) is 1. The summed E-state index contributed by atoms with van der Waals surface area (Å²) < 4.78 is 21.7. The van der Waals surface area contributed by atoms with Crippen LogP contribution in [0.5, 0.6) is 17.2 Å². The molecule has 2 heterocycles. The summed E-state index contributed by atoms with van der Waals surface area (Å²) in [4.78, 5) is 9.16. The zero-order chi connectivity index (χ0) is 21.3. The first-order chi connectivity index (χ1) is 14.7. The molecule has 0 atom stereocenters. The molecule has 0 spiro atoms. The first-order valence-electron chi connectivity index (χ1n) is 10.2. The number of benzene rings is 1. The number of furan rings is 1. The summed E-state index contributed by atoms with van der Waals surface area (Å²) in [6.45, 7) is 5.38. The van der Waals surface area contributed by atoms with Gasteiger partial charge in [0, 0.05) is 52.7 Å². The lowest BCUT2D eigenvalue weighted by Gasteiger charge is -2.36. The van der Waals surface area contributed by atoms with Gasteiger partial charge in [0.05, 0.1) is 27.6 Å². The minimum atomic E-state index is 0. The summed E-state index contributed by atoms with van der Waals surface area (Å²) in [7, 11) is 6.74. The molecular weight excluding hydrogens is 511 g/mol. The van der Waals surface area contributed by atoms with E-state index in [2.05, 4.69) is 20.1 Å². The highest BCUT2D eigenvalue weighted by molar-refractivity contribution is 14.0. The Balaban J connectivity index is 0.00000341. The van der Waals surface area contributed by atoms with Crippen LogP contribution in [-0.2, 0) is 13.0 Å². The largest absolute Gasteiger partial charge is 0.493 e. The van der Waals surface area contributed by atoms with Gasteiger partial charge in [0.1, 0.15) is 5.76 Å². The molecular formula is C22H33IN4O4. The Morgan fingerprint density at radius 1 is 1.06 bits per heavy atom. The highest BCUT2D eigenvalue weighted by Gasteiger charge is 2.21. The fraction of sp³-hybridized carbons (Fsp3) is 0.500. The molecule has 1 N–H and O–H groups in total. The van der Waals surface area contributed by atoms with Gasteiger partial charge < -0.3 is 28.8 Å². The number of halogens is 1. The second-order valence-corrected chi connectivity index (χ2v) is 7.10. The van der Waals surface area contributed by atoms with Gasteiger partial charge in [-0.1, -0.05) is 0 Å². The zero-order valence-corrected chi connectivity index (χ0v) is 21.0. The zero-order valence-electron chi connectivity index (χ0n) is 18.7. The molecule has 1 saturated heterocycles. The van der Waals surface area contributed by atoms with Gasteiger partial charge in [-0.25, -0.2) is 0 Å². The van der Waals surface area contributed by atoms with Gasteiger partial charge in [-0.3, -0.25) is 9.89 Å². The molecule has 9 heteroatoms. The topological polar surface area (TPSA) is 71.7 Å². The molecule has 172 valence electrons. The van der Waals surface area contributed by atoms with Crippen molar-refractivity contribution in [2.24, 2.45) is 4.99 Å². The number of guanidine groups is 1. The molecule has 0 bridgehead atoms. The first kappa shape index (κ1) is 25.1. The van der Waals surface area contributed by atoms with Gasteiger partial charge in [0.25, 0.3) is 0 Å². The summed E-state index contributed by atoms with van der Waals surface area (Å²) >= 11 is 0. The van der Waals surface area contributed by atoms with E-state index >= 15 is 0 Å². The van der Waals surface area contributed by atoms with Crippen LogP contribution in [0.25, 0.3) is 0 Å². The van der Waals surface area contributed by atoms with Crippen LogP contribution < -0.4 is 19.5 Å². The van der Waals surface area contributed by atoms with Crippen LogP contribution in [0.3, 0.4) is 0 Å². The smallest absolute Gasteiger partial charge is 0.203 e. The number of aliphatic imine (C=N–C) groups is 1. The summed E-state index contributed by atoms with van der Waals surface area (Å²) in [5.74, 6) is 3.92. The predicted octanol–water partition coefficient (Wildman–Crippen LogP) is 2.86. The lowest BCUT2D eigenvalue weighted by Crippen LogP contribution is -2.52. The maximum atomic E-state index is 5.47. The quantitative estimate of drug-likeness (QED) is 0.312. The van der Waals surface area contributed by atoms with Crippen molar-refractivity contribution in [1.29, 1.82) is 0 Å². The highest BCUT2D eigenvalue weighted by atomic mass is 127. The molecule has 31 heavy (non-hydrogen) atoms. The molecule has 1 aromatic carbocycles. The van der Waals surface area contributed by atoms with Gasteiger partial charge in [0.2, 0.25) is 5.75 Å². The van der Waals surface area contributed by atoms with Crippen molar-refractivity contribution < 1.29 is 18.6 Å². The van der Waals surface area contributed by atoms with Crippen molar-refractivity contribution >= 4 is 29.9 Å². The average molecular weight is 544 g/mol. The van der Waals surface area contributed by atoms with Crippen LogP contribution in [-0.4, -0.2) is 76.9 Å². The summed E-state index contributed by atoms with van der Waals surface area (Å²) in [5.41, 5.74) is 1.14. The lowest BCUT2D eigenvalue weighted by molar-refractivity contribution is 0.172. The minimum absolute atomic E-state index is 0. The van der Waals surface area contributed by atoms with Crippen molar-refractivity contribution in [3.63, 3.8) is 0 Å². The van der Waals surface area contributed by atoms with Crippen LogP contribution in [0.4, 0.5) is 0 Å². The van der Waals surface area contributed by atoms with E-state index in [0.717, 1.165) is 63.0 Å². The van der Waals surface area contributed by atoms with E-state index in [-0.39, 0.29) is 24.0 Å². The molecule has 1 fully saturated rings. The minimum Gasteiger partial charge on any atom is -0.493 e. The Morgan fingerprint density at radius 2 is 1.74 bits per heavy atom. The summed E-state index contributed by atoms with van der Waals surface area (Å²) in [6, 6.07) is 7.94. The van der Waals surface area contributed by atoms with Crippen molar-refractivity contribution in [3.8, 4) is 17.2 Å². The normalized spacial score (nSPS) is 14.7. The molecule has 3 rings (SSSR count). The molecule has 0 amide bonds. The molecule has 1 aliphatic heterocycles. The molecule has 0 saturated carbocycles. The second kappa shape index (κ2) is 12.7. The van der Waals surface area contributed by atoms with E-state index in [9.17, 15) is 0 Å². The number of ether oxygens (including phenoxy) is 3. The third-order valence-electron chi connectivity index (χ3n) is 5.25. The Labute approximate surface area is 201 Å². The SMILES string of the molecule is CN=C(NCCc1ccco1)N1CCN(Cc2cc(OC)c(OC)c(OC)c2)CC1.I. The third-order valence-corrected chi connectivity index (χ3v) is 5.25. The van der Waals surface area contributed by atoms with E-state index in [0.29, 0.717) is 17.2 Å². The van der Waals surface area contributed by atoms with E-state index in [1.165, 1.54) is 0 Å². The lowest BCUT2D eigenvalue weighted by atomic mass is 10.1. The van der Waals surface area contributed by atoms with E-state index < -0.39 is 0 Å². The molecule has 1 aromatic heterocycles. The maximum absolute atomic E-state index is 5.47. The van der Waals surface area contributed by atoms with Crippen LogP contribution >= 0.6 is 24.0 Å². The van der Waals surface area contributed by atoms with Crippen LogP contribution in [0.15, 0.2) is 39.9 Å². The monoisotopic (exact) mass is 544 g/mol. The average Bonchev–Trinajstić information content (AvgIpc) is 3.30. The highest BCUT2D eigenvalue weighted by Crippen LogP contribution is 2.38. The van der Waals surface area contributed by atoms with Gasteiger partial charge in [-0.2, -0.15) is 0 Å².